The number of nitrogens with two attached hydrogens (primary N) is 1. The summed E-state index contributed by atoms with van der Waals surface area (Å²) in [7, 11) is 1.28. The Morgan fingerprint density at radius 3 is 2.79 bits per heavy atom. The molecule has 29 heavy (non-hydrogen) atoms. The number of carbonyl (C=O) groups is 4. The van der Waals surface area contributed by atoms with Crippen LogP contribution in [0.5, 0.6) is 0 Å². The molecule has 156 valence electrons. The lowest BCUT2D eigenvalue weighted by atomic mass is 9.80. The van der Waals surface area contributed by atoms with Crippen molar-refractivity contribution in [2.75, 3.05) is 13.7 Å². The number of thiophene rings is 1. The molecule has 0 bridgehead atoms. The van der Waals surface area contributed by atoms with Crippen molar-refractivity contribution in [1.82, 2.24) is 10.2 Å². The van der Waals surface area contributed by atoms with Crippen molar-refractivity contribution in [2.24, 2.45) is 5.73 Å². The van der Waals surface area contributed by atoms with Gasteiger partial charge in [0.2, 0.25) is 11.6 Å². The first-order valence-corrected chi connectivity index (χ1v) is 9.44. The summed E-state index contributed by atoms with van der Waals surface area (Å²) < 4.78 is 10.1. The highest BCUT2D eigenvalue weighted by atomic mass is 32.1. The third-order valence-electron chi connectivity index (χ3n) is 4.84. The number of hydrogen-bond donors (Lipinski definition) is 3. The second-order valence-corrected chi connectivity index (χ2v) is 7.44. The Hall–Kier alpha value is -2.96. The number of carbonyl (C=O) groups excluding carboxylic acids is 4. The summed E-state index contributed by atoms with van der Waals surface area (Å²) in [6, 6.07) is 2.89. The fraction of sp³-hybridized carbons (Fsp3) is 0.412. The second-order valence-electron chi connectivity index (χ2n) is 6.41. The minimum absolute atomic E-state index is 0.0713. The first kappa shape index (κ1) is 20.8. The lowest BCUT2D eigenvalue weighted by molar-refractivity contribution is -0.236. The van der Waals surface area contributed by atoms with E-state index in [-0.39, 0.29) is 30.7 Å². The van der Waals surface area contributed by atoms with E-state index in [0.29, 0.717) is 6.42 Å². The van der Waals surface area contributed by atoms with Gasteiger partial charge in [-0.3, -0.25) is 19.4 Å². The van der Waals surface area contributed by atoms with Crippen LogP contribution >= 0.6 is 11.3 Å². The van der Waals surface area contributed by atoms with E-state index in [1.54, 1.807) is 6.07 Å². The van der Waals surface area contributed by atoms with Crippen molar-refractivity contribution >= 4 is 35.2 Å². The van der Waals surface area contributed by atoms with Gasteiger partial charge in [-0.1, -0.05) is 6.07 Å². The Morgan fingerprint density at radius 1 is 1.45 bits per heavy atom. The number of ether oxygens (including phenoxy) is 2. The molecule has 1 fully saturated rings. The van der Waals surface area contributed by atoms with Gasteiger partial charge in [-0.15, -0.1) is 11.3 Å². The van der Waals surface area contributed by atoms with Gasteiger partial charge in [0.15, 0.2) is 0 Å². The summed E-state index contributed by atoms with van der Waals surface area (Å²) in [6.07, 6.45) is -0.461. The highest BCUT2D eigenvalue weighted by Gasteiger charge is 2.66. The van der Waals surface area contributed by atoms with E-state index in [1.165, 1.54) is 18.4 Å². The summed E-state index contributed by atoms with van der Waals surface area (Å²) in [5.74, 6) is -2.32. The van der Waals surface area contributed by atoms with Gasteiger partial charge in [-0.2, -0.15) is 5.26 Å². The zero-order valence-corrected chi connectivity index (χ0v) is 16.2. The summed E-state index contributed by atoms with van der Waals surface area (Å²) in [4.78, 5) is 54.0. The van der Waals surface area contributed by atoms with Crippen LogP contribution in [0.2, 0.25) is 0 Å². The molecule has 2 atom stereocenters. The van der Waals surface area contributed by atoms with Gasteiger partial charge in [0.25, 0.3) is 5.91 Å². The summed E-state index contributed by atoms with van der Waals surface area (Å²) >= 11 is 1.40. The molecule has 3 amide bonds. The van der Waals surface area contributed by atoms with Gasteiger partial charge in [0.05, 0.1) is 12.5 Å². The normalized spacial score (nSPS) is 23.2. The summed E-state index contributed by atoms with van der Waals surface area (Å²) in [6.45, 7) is -0.346. The largest absolute Gasteiger partial charge is 0.445 e. The number of β-lactam (4-membered cyclic amide) rings is 1. The van der Waals surface area contributed by atoms with Crippen LogP contribution in [0.15, 0.2) is 28.8 Å². The average molecular weight is 425 g/mol. The van der Waals surface area contributed by atoms with Crippen LogP contribution in [0, 0.1) is 0 Å². The van der Waals surface area contributed by atoms with Crippen LogP contribution < -0.4 is 11.1 Å². The molecule has 0 unspecified atom stereocenters. The van der Waals surface area contributed by atoms with Crippen LogP contribution in [-0.2, 0) is 35.2 Å². The van der Waals surface area contributed by atoms with Crippen molar-refractivity contribution < 1.29 is 38.8 Å². The van der Waals surface area contributed by atoms with E-state index in [1.807, 2.05) is 11.4 Å². The summed E-state index contributed by atoms with van der Waals surface area (Å²) in [5.41, 5.74) is 3.28. The molecule has 0 spiro atoms. The molecule has 2 aliphatic heterocycles. The van der Waals surface area contributed by atoms with Gasteiger partial charge in [0.1, 0.15) is 12.3 Å². The SMILES string of the molecule is CO[C@@]1(NC(=O)Cc2cccs2)C(=O)N2C(C(=O)OO)=C(COC(N)=O)CC[C@@H]21. The average Bonchev–Trinajstić information content (AvgIpc) is 3.21. The molecule has 2 aliphatic rings. The molecule has 4 N–H and O–H groups in total. The molecule has 0 saturated carbocycles. The molecule has 1 saturated heterocycles. The van der Waals surface area contributed by atoms with E-state index in [9.17, 15) is 19.2 Å². The number of nitrogens with one attached hydrogen (secondary N) is 1. The Bertz CT molecular complexity index is 868. The highest BCUT2D eigenvalue weighted by molar-refractivity contribution is 7.10. The van der Waals surface area contributed by atoms with Gasteiger partial charge < -0.3 is 20.5 Å². The van der Waals surface area contributed by atoms with Crippen molar-refractivity contribution in [3.05, 3.63) is 33.7 Å². The van der Waals surface area contributed by atoms with Gasteiger partial charge in [-0.05, 0) is 29.9 Å². The molecule has 0 aromatic carbocycles. The quantitative estimate of drug-likeness (QED) is 0.241. The van der Waals surface area contributed by atoms with E-state index in [2.05, 4.69) is 10.2 Å². The van der Waals surface area contributed by atoms with Crippen LogP contribution in [0.25, 0.3) is 0 Å². The van der Waals surface area contributed by atoms with Gasteiger partial charge >= 0.3 is 12.1 Å². The molecule has 11 nitrogen and oxygen atoms in total. The number of fused-ring (bicyclic) bond motifs is 1. The minimum atomic E-state index is -1.65. The van der Waals surface area contributed by atoms with Crippen LogP contribution in [0.4, 0.5) is 4.79 Å². The van der Waals surface area contributed by atoms with Crippen molar-refractivity contribution in [2.45, 2.75) is 31.0 Å². The molecule has 0 radical (unpaired) electrons. The third-order valence-corrected chi connectivity index (χ3v) is 5.72. The van der Waals surface area contributed by atoms with Crippen molar-refractivity contribution in [1.29, 1.82) is 0 Å². The minimum Gasteiger partial charge on any atom is -0.445 e. The van der Waals surface area contributed by atoms with E-state index >= 15 is 0 Å². The summed E-state index contributed by atoms with van der Waals surface area (Å²) in [5, 5.41) is 13.3. The molecule has 3 heterocycles. The second kappa shape index (κ2) is 8.19. The standard InChI is InChI=1S/C17H19N3O8S/c1-26-17(19-12(21)7-10-3-2-6-29-10)11-5-4-9(8-27-16(18)24)13(14(22)28-25)20(11)15(17)23/h2-3,6,11,25H,4-5,7-8H2,1H3,(H2,18,24)(H,19,21)/t11-,17-/m1/s1. The predicted octanol–water partition coefficient (Wildman–Crippen LogP) is 0.120. The van der Waals surface area contributed by atoms with Crippen molar-refractivity contribution in [3.63, 3.8) is 0 Å². The molecule has 1 aromatic rings. The first-order chi connectivity index (χ1) is 13.8. The first-order valence-electron chi connectivity index (χ1n) is 8.56. The number of nitrogens with zero attached hydrogens (tertiary/aromatic N) is 1. The topological polar surface area (TPSA) is 157 Å². The Labute approximate surface area is 168 Å². The highest BCUT2D eigenvalue weighted by Crippen LogP contribution is 2.43. The Balaban J connectivity index is 1.83. The molecule has 3 rings (SSSR count). The van der Waals surface area contributed by atoms with Gasteiger partial charge in [0, 0.05) is 12.0 Å². The molecule has 1 aromatic heterocycles. The number of methoxy groups -OCH3 is 1. The van der Waals surface area contributed by atoms with Crippen LogP contribution in [0.3, 0.4) is 0 Å². The molecular weight excluding hydrogens is 406 g/mol. The maximum absolute atomic E-state index is 12.9. The van der Waals surface area contributed by atoms with Crippen molar-refractivity contribution in [3.8, 4) is 0 Å². The molecule has 12 heteroatoms. The fourth-order valence-corrected chi connectivity index (χ4v) is 4.29. The van der Waals surface area contributed by atoms with E-state index < -0.39 is 35.6 Å². The molecule has 0 aliphatic carbocycles. The zero-order chi connectivity index (χ0) is 21.2. The maximum Gasteiger partial charge on any atom is 0.404 e. The smallest absolute Gasteiger partial charge is 0.404 e. The Morgan fingerprint density at radius 2 is 2.21 bits per heavy atom. The number of hydrogen-bond acceptors (Lipinski definition) is 9. The molecular formula is C17H19N3O8S. The number of rotatable bonds is 7. The lowest BCUT2D eigenvalue weighted by Crippen LogP contribution is -2.81. The third kappa shape index (κ3) is 3.69. The van der Waals surface area contributed by atoms with E-state index in [0.717, 1.165) is 9.78 Å². The van der Waals surface area contributed by atoms with Crippen LogP contribution in [0.1, 0.15) is 17.7 Å². The number of primary amides is 1. The van der Waals surface area contributed by atoms with Gasteiger partial charge in [-0.25, -0.2) is 9.59 Å². The Kier molecular flexibility index (Phi) is 5.86. The lowest BCUT2D eigenvalue weighted by Gasteiger charge is -2.56. The van der Waals surface area contributed by atoms with Crippen LogP contribution in [-0.4, -0.2) is 59.5 Å². The number of amides is 3. The monoisotopic (exact) mass is 425 g/mol. The fourth-order valence-electron chi connectivity index (χ4n) is 3.59. The van der Waals surface area contributed by atoms with E-state index in [4.69, 9.17) is 20.5 Å². The predicted molar refractivity (Wildman–Crippen MR) is 97.1 cm³/mol. The maximum atomic E-state index is 12.9. The zero-order valence-electron chi connectivity index (χ0n) is 15.4.